The third kappa shape index (κ3) is 6.94. The van der Waals surface area contributed by atoms with Crippen LogP contribution in [-0.4, -0.2) is 56.0 Å². The van der Waals surface area contributed by atoms with Crippen LogP contribution in [0, 0.1) is 6.92 Å². The number of hydrogen-bond acceptors (Lipinski definition) is 5. The largest absolute Gasteiger partial charge is 0.464 e. The summed E-state index contributed by atoms with van der Waals surface area (Å²) in [7, 11) is 0. The van der Waals surface area contributed by atoms with Crippen molar-refractivity contribution < 1.29 is 27.5 Å². The zero-order chi connectivity index (χ0) is 27.3. The lowest BCUT2D eigenvalue weighted by atomic mass is 9.94. The maximum atomic E-state index is 13.0. The maximum Gasteiger partial charge on any atom is 0.416 e. The van der Waals surface area contributed by atoms with Crippen molar-refractivity contribution in [3.63, 3.8) is 0 Å². The van der Waals surface area contributed by atoms with Gasteiger partial charge in [0.15, 0.2) is 5.78 Å². The zero-order valence-corrected chi connectivity index (χ0v) is 21.7. The first kappa shape index (κ1) is 27.7. The second kappa shape index (κ2) is 12.0. The Kier molecular flexibility index (Phi) is 8.74. The quantitative estimate of drug-likeness (QED) is 0.265. The van der Waals surface area contributed by atoms with E-state index in [2.05, 4.69) is 4.90 Å². The fraction of sp³-hybridized carbons (Fsp3) is 0.310. The molecule has 3 aromatic rings. The third-order valence-corrected chi connectivity index (χ3v) is 6.97. The molecule has 0 unspecified atom stereocenters. The number of anilines is 1. The van der Waals surface area contributed by atoms with E-state index in [4.69, 9.17) is 16.3 Å². The summed E-state index contributed by atoms with van der Waals surface area (Å²) in [6, 6.07) is 17.3. The second-order valence-electron chi connectivity index (χ2n) is 9.20. The summed E-state index contributed by atoms with van der Waals surface area (Å²) in [6.07, 6.45) is -4.31. The minimum atomic E-state index is -4.37. The minimum Gasteiger partial charge on any atom is -0.464 e. The van der Waals surface area contributed by atoms with Crippen molar-refractivity contribution in [1.82, 2.24) is 4.90 Å². The van der Waals surface area contributed by atoms with Crippen molar-refractivity contribution in [2.45, 2.75) is 19.5 Å². The molecule has 1 aliphatic rings. The molecular weight excluding hydrogens is 517 g/mol. The fourth-order valence-electron chi connectivity index (χ4n) is 4.48. The Morgan fingerprint density at radius 1 is 0.947 bits per heavy atom. The van der Waals surface area contributed by atoms with Crippen LogP contribution in [0.25, 0.3) is 0 Å². The molecule has 1 saturated heterocycles. The number of nitrogens with zero attached hydrogens (tertiary/aromatic N) is 2. The lowest BCUT2D eigenvalue weighted by molar-refractivity contribution is -0.143. The van der Waals surface area contributed by atoms with Gasteiger partial charge in [0.05, 0.1) is 12.0 Å². The van der Waals surface area contributed by atoms with E-state index in [1.807, 2.05) is 17.9 Å². The number of alkyl halides is 3. The zero-order valence-electron chi connectivity index (χ0n) is 20.9. The topological polar surface area (TPSA) is 49.9 Å². The maximum absolute atomic E-state index is 13.0. The number of ether oxygens (including phenoxy) is 1. The van der Waals surface area contributed by atoms with Crippen LogP contribution in [0.4, 0.5) is 18.9 Å². The van der Waals surface area contributed by atoms with Crippen LogP contribution >= 0.6 is 11.6 Å². The molecule has 9 heteroatoms. The first-order valence-electron chi connectivity index (χ1n) is 12.3. The molecule has 0 bridgehead atoms. The number of piperazine rings is 1. The van der Waals surface area contributed by atoms with Gasteiger partial charge in [-0.3, -0.25) is 14.5 Å². The minimum absolute atomic E-state index is 0.0525. The van der Waals surface area contributed by atoms with Crippen LogP contribution in [0.1, 0.15) is 32.6 Å². The van der Waals surface area contributed by atoms with E-state index in [1.165, 1.54) is 12.1 Å². The molecule has 4 rings (SSSR count). The van der Waals surface area contributed by atoms with Crippen LogP contribution in [0.15, 0.2) is 66.7 Å². The van der Waals surface area contributed by atoms with Gasteiger partial charge < -0.3 is 9.64 Å². The summed E-state index contributed by atoms with van der Waals surface area (Å²) in [5.41, 5.74) is 2.40. The lowest BCUT2D eigenvalue weighted by Crippen LogP contribution is -2.47. The normalized spacial score (nSPS) is 14.4. The highest BCUT2D eigenvalue weighted by Gasteiger charge is 2.31. The first-order chi connectivity index (χ1) is 18.1. The van der Waals surface area contributed by atoms with Crippen molar-refractivity contribution in [3.05, 3.63) is 99.6 Å². The van der Waals surface area contributed by atoms with Gasteiger partial charge >= 0.3 is 12.1 Å². The molecule has 0 aliphatic carbocycles. The van der Waals surface area contributed by atoms with Gasteiger partial charge in [-0.05, 0) is 60.5 Å². The summed E-state index contributed by atoms with van der Waals surface area (Å²) in [6.45, 7) is 5.05. The van der Waals surface area contributed by atoms with Crippen molar-refractivity contribution >= 4 is 29.0 Å². The first-order valence-corrected chi connectivity index (χ1v) is 12.7. The summed E-state index contributed by atoms with van der Waals surface area (Å²) in [5.74, 6) is -0.523. The molecule has 0 amide bonds. The molecular formula is C29H28ClF3N2O3. The molecule has 0 saturated carbocycles. The molecule has 1 fully saturated rings. The van der Waals surface area contributed by atoms with Crippen molar-refractivity contribution in [2.75, 3.05) is 44.2 Å². The van der Waals surface area contributed by atoms with Crippen LogP contribution < -0.4 is 4.90 Å². The van der Waals surface area contributed by atoms with Gasteiger partial charge in [-0.1, -0.05) is 35.9 Å². The smallest absolute Gasteiger partial charge is 0.416 e. The van der Waals surface area contributed by atoms with Gasteiger partial charge in [0.1, 0.15) is 6.61 Å². The number of hydrogen-bond donors (Lipinski definition) is 0. The highest BCUT2D eigenvalue weighted by atomic mass is 35.5. The standard InChI is InChI=1S/C29H28ClF3N2O3/c1-20-22(4-2-7-26(20)28(37)21-8-10-24(30)11-9-21)18-27(36)38-17-16-34-12-14-35(15-13-34)25-6-3-5-23(19-25)29(31,32)33/h2-11,19H,12-18H2,1H3. The highest BCUT2D eigenvalue weighted by Crippen LogP contribution is 2.32. The van der Waals surface area contributed by atoms with Crippen molar-refractivity contribution in [2.24, 2.45) is 0 Å². The molecule has 3 aromatic carbocycles. The van der Waals surface area contributed by atoms with E-state index >= 15 is 0 Å². The van der Waals surface area contributed by atoms with Crippen LogP contribution in [0.5, 0.6) is 0 Å². The van der Waals surface area contributed by atoms with Crippen LogP contribution in [0.3, 0.4) is 0 Å². The molecule has 5 nitrogen and oxygen atoms in total. The van der Waals surface area contributed by atoms with Gasteiger partial charge in [0.2, 0.25) is 0 Å². The van der Waals surface area contributed by atoms with Crippen LogP contribution in [0.2, 0.25) is 5.02 Å². The average Bonchev–Trinajstić information content (AvgIpc) is 2.90. The van der Waals surface area contributed by atoms with Gasteiger partial charge in [-0.2, -0.15) is 13.2 Å². The van der Waals surface area contributed by atoms with E-state index in [0.717, 1.165) is 17.2 Å². The second-order valence-corrected chi connectivity index (χ2v) is 9.64. The Hall–Kier alpha value is -3.36. The van der Waals surface area contributed by atoms with Crippen molar-refractivity contribution in [3.8, 4) is 0 Å². The predicted octanol–water partition coefficient (Wildman–Crippen LogP) is 5.81. The number of ketones is 1. The Balaban J connectivity index is 1.25. The van der Waals surface area contributed by atoms with E-state index in [-0.39, 0.29) is 24.8 Å². The summed E-state index contributed by atoms with van der Waals surface area (Å²) < 4.78 is 44.5. The molecule has 0 radical (unpaired) electrons. The van der Waals surface area contributed by atoms with Gasteiger partial charge in [-0.15, -0.1) is 0 Å². The van der Waals surface area contributed by atoms with Crippen LogP contribution in [-0.2, 0) is 22.1 Å². The Morgan fingerprint density at radius 2 is 1.63 bits per heavy atom. The number of carbonyl (C=O) groups excluding carboxylic acids is 2. The van der Waals surface area contributed by atoms with E-state index in [1.54, 1.807) is 42.5 Å². The average molecular weight is 545 g/mol. The van der Waals surface area contributed by atoms with E-state index in [0.29, 0.717) is 54.6 Å². The lowest BCUT2D eigenvalue weighted by Gasteiger charge is -2.36. The summed E-state index contributed by atoms with van der Waals surface area (Å²) >= 11 is 5.92. The molecule has 38 heavy (non-hydrogen) atoms. The number of rotatable bonds is 8. The van der Waals surface area contributed by atoms with Gasteiger partial charge in [0, 0.05) is 54.6 Å². The molecule has 0 atom stereocenters. The Morgan fingerprint density at radius 3 is 2.32 bits per heavy atom. The van der Waals surface area contributed by atoms with Crippen molar-refractivity contribution in [1.29, 1.82) is 0 Å². The summed E-state index contributed by atoms with van der Waals surface area (Å²) in [5, 5.41) is 0.548. The molecule has 200 valence electrons. The molecule has 0 N–H and O–H groups in total. The van der Waals surface area contributed by atoms with Gasteiger partial charge in [0.25, 0.3) is 0 Å². The predicted molar refractivity (Wildman–Crippen MR) is 141 cm³/mol. The highest BCUT2D eigenvalue weighted by molar-refractivity contribution is 6.30. The number of benzene rings is 3. The summed E-state index contributed by atoms with van der Waals surface area (Å²) in [4.78, 5) is 29.5. The third-order valence-electron chi connectivity index (χ3n) is 6.71. The Bertz CT molecular complexity index is 1290. The monoisotopic (exact) mass is 544 g/mol. The molecule has 1 heterocycles. The molecule has 1 aliphatic heterocycles. The number of esters is 1. The SMILES string of the molecule is Cc1c(CC(=O)OCCN2CCN(c3cccc(C(F)(F)F)c3)CC2)cccc1C(=O)c1ccc(Cl)cc1. The number of carbonyl (C=O) groups is 2. The fourth-order valence-corrected chi connectivity index (χ4v) is 4.61. The molecule has 0 spiro atoms. The number of halogens is 4. The van der Waals surface area contributed by atoms with Gasteiger partial charge in [-0.25, -0.2) is 0 Å². The Labute approximate surface area is 224 Å². The van der Waals surface area contributed by atoms with E-state index in [9.17, 15) is 22.8 Å². The van der Waals surface area contributed by atoms with E-state index < -0.39 is 11.7 Å². The molecule has 0 aromatic heterocycles.